The highest BCUT2D eigenvalue weighted by Crippen LogP contribution is 2.19. The van der Waals surface area contributed by atoms with E-state index in [0.29, 0.717) is 5.56 Å². The zero-order chi connectivity index (χ0) is 15.8. The number of carbonyl (C=O) groups is 1. The quantitative estimate of drug-likeness (QED) is 0.269. The molecule has 0 heterocycles. The zero-order valence-electron chi connectivity index (χ0n) is 11.5. The lowest BCUT2D eigenvalue weighted by molar-refractivity contribution is -0.763. The van der Waals surface area contributed by atoms with E-state index in [-0.39, 0.29) is 12.4 Å². The van der Waals surface area contributed by atoms with Gasteiger partial charge in [0.15, 0.2) is 0 Å². The molecule has 0 saturated heterocycles. The van der Waals surface area contributed by atoms with Crippen molar-refractivity contribution in [2.45, 2.75) is 6.61 Å². The van der Waals surface area contributed by atoms with Crippen LogP contribution in [-0.4, -0.2) is 11.1 Å². The fraction of sp³-hybridized carbons (Fsp3) is 0.0625. The largest absolute Gasteiger partial charge is 0.423 e. The average Bonchev–Trinajstić information content (AvgIpc) is 2.53. The lowest BCUT2D eigenvalue weighted by Crippen LogP contribution is -2.07. The number of esters is 1. The molecule has 0 aliphatic carbocycles. The van der Waals surface area contributed by atoms with Crippen molar-refractivity contribution in [3.05, 3.63) is 81.9 Å². The van der Waals surface area contributed by atoms with Crippen LogP contribution in [0.4, 0.5) is 0 Å². The van der Waals surface area contributed by atoms with Gasteiger partial charge in [-0.3, -0.25) is 0 Å². The van der Waals surface area contributed by atoms with E-state index in [1.807, 2.05) is 30.3 Å². The maximum absolute atomic E-state index is 11.8. The molecule has 0 aliphatic heterocycles. The van der Waals surface area contributed by atoms with E-state index >= 15 is 0 Å². The minimum atomic E-state index is -0.895. The third-order valence-corrected chi connectivity index (χ3v) is 2.72. The van der Waals surface area contributed by atoms with E-state index < -0.39 is 11.1 Å². The monoisotopic (exact) mass is 299 g/mol. The number of hydrogen-bond donors (Lipinski definition) is 0. The maximum atomic E-state index is 11.8. The minimum absolute atomic E-state index is 0.229. The Balaban J connectivity index is 2.02. The molecular weight excluding hydrogens is 286 g/mol. The van der Waals surface area contributed by atoms with Gasteiger partial charge in [-0.1, -0.05) is 48.5 Å². The number of rotatable bonds is 6. The van der Waals surface area contributed by atoms with Crippen molar-refractivity contribution >= 4 is 12.0 Å². The molecule has 0 fully saturated rings. The van der Waals surface area contributed by atoms with E-state index in [0.717, 1.165) is 5.56 Å². The Kier molecular flexibility index (Phi) is 5.25. The predicted octanol–water partition coefficient (Wildman–Crippen LogP) is 3.01. The first-order valence-electron chi connectivity index (χ1n) is 6.45. The number of hydrogen-bond acceptors (Lipinski definition) is 5. The number of ether oxygens (including phenoxy) is 1. The molecule has 2 aromatic rings. The highest BCUT2D eigenvalue weighted by Gasteiger charge is 2.08. The Labute approximate surface area is 126 Å². The van der Waals surface area contributed by atoms with Crippen LogP contribution in [0, 0.1) is 10.1 Å². The first-order chi connectivity index (χ1) is 10.6. The van der Waals surface area contributed by atoms with Gasteiger partial charge in [0.1, 0.15) is 12.4 Å². The van der Waals surface area contributed by atoms with Gasteiger partial charge in [-0.2, -0.15) is 0 Å². The molecule has 112 valence electrons. The molecule has 2 aromatic carbocycles. The summed E-state index contributed by atoms with van der Waals surface area (Å²) < 4.78 is 5.17. The first-order valence-corrected chi connectivity index (χ1v) is 6.45. The van der Waals surface area contributed by atoms with Gasteiger partial charge in [0.05, 0.1) is 0 Å². The number of nitrogens with zero attached hydrogens (tertiary/aromatic N) is 1. The van der Waals surface area contributed by atoms with Crippen LogP contribution in [0.15, 0.2) is 60.7 Å². The number of carbonyl (C=O) groups excluding carboxylic acids is 1. The van der Waals surface area contributed by atoms with Crippen LogP contribution >= 0.6 is 0 Å². The third-order valence-electron chi connectivity index (χ3n) is 2.72. The van der Waals surface area contributed by atoms with Crippen molar-refractivity contribution in [1.82, 2.24) is 0 Å². The molecule has 0 saturated carbocycles. The van der Waals surface area contributed by atoms with Crippen molar-refractivity contribution < 1.29 is 19.5 Å². The molecule has 0 bridgehead atoms. The van der Waals surface area contributed by atoms with Crippen LogP contribution in [0.1, 0.15) is 11.1 Å². The SMILES string of the molecule is O=C(/C=C/c1ccccc1)Oc1ccccc1CO[N+](=O)[O-]. The average molecular weight is 299 g/mol. The third kappa shape index (κ3) is 4.75. The Hall–Kier alpha value is -3.15. The highest BCUT2D eigenvalue weighted by atomic mass is 16.9. The molecule has 0 N–H and O–H groups in total. The summed E-state index contributed by atoms with van der Waals surface area (Å²) in [5.41, 5.74) is 1.28. The lowest BCUT2D eigenvalue weighted by atomic mass is 10.2. The summed E-state index contributed by atoms with van der Waals surface area (Å²) in [4.78, 5) is 26.3. The van der Waals surface area contributed by atoms with Gasteiger partial charge in [-0.15, -0.1) is 10.1 Å². The van der Waals surface area contributed by atoms with Crippen molar-refractivity contribution in [3.63, 3.8) is 0 Å². The normalized spacial score (nSPS) is 10.4. The Bertz CT molecular complexity index is 682. The van der Waals surface area contributed by atoms with E-state index in [2.05, 4.69) is 4.84 Å². The molecule has 0 radical (unpaired) electrons. The molecule has 0 amide bonds. The molecule has 0 aliphatic rings. The maximum Gasteiger partial charge on any atom is 0.336 e. The molecular formula is C16H13NO5. The van der Waals surface area contributed by atoms with Crippen LogP contribution in [0.2, 0.25) is 0 Å². The van der Waals surface area contributed by atoms with E-state index in [1.54, 1.807) is 30.3 Å². The second kappa shape index (κ2) is 7.58. The zero-order valence-corrected chi connectivity index (χ0v) is 11.5. The van der Waals surface area contributed by atoms with Gasteiger partial charge < -0.3 is 9.57 Å². The Morgan fingerprint density at radius 2 is 1.77 bits per heavy atom. The van der Waals surface area contributed by atoms with Gasteiger partial charge in [0.2, 0.25) is 0 Å². The summed E-state index contributed by atoms with van der Waals surface area (Å²) in [6.07, 6.45) is 2.92. The summed E-state index contributed by atoms with van der Waals surface area (Å²) in [5.74, 6) is -0.343. The van der Waals surface area contributed by atoms with Crippen molar-refractivity contribution in [2.75, 3.05) is 0 Å². The van der Waals surface area contributed by atoms with Crippen molar-refractivity contribution in [2.24, 2.45) is 0 Å². The lowest BCUT2D eigenvalue weighted by Gasteiger charge is -2.07. The molecule has 0 aromatic heterocycles. The van der Waals surface area contributed by atoms with E-state index in [4.69, 9.17) is 4.74 Å². The second-order valence-corrected chi connectivity index (χ2v) is 4.27. The highest BCUT2D eigenvalue weighted by molar-refractivity contribution is 5.88. The van der Waals surface area contributed by atoms with Crippen molar-refractivity contribution in [3.8, 4) is 5.75 Å². The molecule has 6 heteroatoms. The number of para-hydroxylation sites is 1. The fourth-order valence-corrected chi connectivity index (χ4v) is 1.72. The molecule has 6 nitrogen and oxygen atoms in total. The smallest absolute Gasteiger partial charge is 0.336 e. The molecule has 0 atom stereocenters. The second-order valence-electron chi connectivity index (χ2n) is 4.27. The summed E-state index contributed by atoms with van der Waals surface area (Å²) in [6.45, 7) is -0.279. The van der Waals surface area contributed by atoms with Gasteiger partial charge in [-0.25, -0.2) is 4.79 Å². The van der Waals surface area contributed by atoms with Crippen molar-refractivity contribution in [1.29, 1.82) is 0 Å². The fourth-order valence-electron chi connectivity index (χ4n) is 1.72. The Morgan fingerprint density at radius 1 is 1.09 bits per heavy atom. The summed E-state index contributed by atoms with van der Waals surface area (Å²) in [5, 5.41) is 9.33. The van der Waals surface area contributed by atoms with Gasteiger partial charge in [0, 0.05) is 11.6 Å². The standard InChI is InChI=1S/C16H13NO5/c18-16(11-10-13-6-2-1-3-7-13)22-15-9-5-4-8-14(15)12-21-17(19)20/h1-11H,12H2/b11-10+. The van der Waals surface area contributed by atoms with E-state index in [1.165, 1.54) is 6.08 Å². The topological polar surface area (TPSA) is 78.7 Å². The van der Waals surface area contributed by atoms with Crippen LogP contribution in [0.25, 0.3) is 6.08 Å². The minimum Gasteiger partial charge on any atom is -0.423 e. The van der Waals surface area contributed by atoms with E-state index in [9.17, 15) is 14.9 Å². The van der Waals surface area contributed by atoms with Gasteiger partial charge >= 0.3 is 5.97 Å². The Morgan fingerprint density at radius 3 is 2.50 bits per heavy atom. The molecule has 22 heavy (non-hydrogen) atoms. The summed E-state index contributed by atoms with van der Waals surface area (Å²) in [6, 6.07) is 15.8. The van der Waals surface area contributed by atoms with Crippen LogP contribution < -0.4 is 4.74 Å². The summed E-state index contributed by atoms with van der Waals surface area (Å²) >= 11 is 0. The van der Waals surface area contributed by atoms with Gasteiger partial charge in [-0.05, 0) is 17.7 Å². The molecule has 2 rings (SSSR count). The van der Waals surface area contributed by atoms with Crippen LogP contribution in [0.3, 0.4) is 0 Å². The van der Waals surface area contributed by atoms with Gasteiger partial charge in [0.25, 0.3) is 5.09 Å². The summed E-state index contributed by atoms with van der Waals surface area (Å²) in [7, 11) is 0. The van der Waals surface area contributed by atoms with Crippen LogP contribution in [0.5, 0.6) is 5.75 Å². The van der Waals surface area contributed by atoms with Crippen LogP contribution in [-0.2, 0) is 16.2 Å². The molecule has 0 spiro atoms. The predicted molar refractivity (Wildman–Crippen MR) is 79.3 cm³/mol. The number of benzene rings is 2. The molecule has 0 unspecified atom stereocenters. The first kappa shape index (κ1) is 15.2.